The molecule has 1 saturated heterocycles. The van der Waals surface area contributed by atoms with E-state index < -0.39 is 25.0 Å². The van der Waals surface area contributed by atoms with Crippen LogP contribution in [0.1, 0.15) is 25.6 Å². The first-order valence-electron chi connectivity index (χ1n) is 8.06. The van der Waals surface area contributed by atoms with Crippen LogP contribution in [0.25, 0.3) is 0 Å². The van der Waals surface area contributed by atoms with Gasteiger partial charge in [-0.05, 0) is 12.2 Å². The smallest absolute Gasteiger partial charge is 0.330 e. The second kappa shape index (κ2) is 8.35. The maximum absolute atomic E-state index is 12.2. The summed E-state index contributed by atoms with van der Waals surface area (Å²) in [4.78, 5) is 36.1. The monoisotopic (exact) mass is 385 g/mol. The lowest BCUT2D eigenvalue weighted by molar-refractivity contribution is -0.0354. The highest BCUT2D eigenvalue weighted by atomic mass is 31.2. The highest BCUT2D eigenvalue weighted by Gasteiger charge is 2.41. The van der Waals surface area contributed by atoms with E-state index in [1.807, 2.05) is 13.8 Å². The highest BCUT2D eigenvalue weighted by Crippen LogP contribution is 2.44. The number of nitrogens with zero attached hydrogens (tertiary/aromatic N) is 1. The molecule has 1 aromatic heterocycles. The molecule has 0 spiro atoms. The minimum Gasteiger partial charge on any atom is -0.352 e. The fourth-order valence-corrected chi connectivity index (χ4v) is 3.17. The molecule has 9 nitrogen and oxygen atoms in total. The first kappa shape index (κ1) is 20.6. The molecule has 0 aliphatic carbocycles. The Kier molecular flexibility index (Phi) is 6.64. The molecule has 2 rings (SSSR count). The molecule has 4 N–H and O–H groups in total. The topological polar surface area (TPSA) is 129 Å². The Morgan fingerprint density at radius 3 is 2.77 bits per heavy atom. The number of ether oxygens (including phenoxy) is 1. The number of H-pyrrole nitrogens is 1. The Labute approximate surface area is 151 Å². The minimum atomic E-state index is -3.13. The molecule has 0 radical (unpaired) electrons. The van der Waals surface area contributed by atoms with Crippen LogP contribution in [-0.4, -0.2) is 47.1 Å². The van der Waals surface area contributed by atoms with E-state index in [1.165, 1.54) is 17.9 Å². The van der Waals surface area contributed by atoms with Gasteiger partial charge in [-0.2, -0.15) is 0 Å². The van der Waals surface area contributed by atoms with Crippen LogP contribution in [-0.2, 0) is 13.8 Å². The van der Waals surface area contributed by atoms with Crippen LogP contribution in [0.3, 0.4) is 0 Å². The van der Waals surface area contributed by atoms with Crippen LogP contribution in [0.2, 0.25) is 0 Å². The predicted molar refractivity (Wildman–Crippen MR) is 98.7 cm³/mol. The second-order valence-electron chi connectivity index (χ2n) is 6.11. The summed E-state index contributed by atoms with van der Waals surface area (Å²) in [7, 11) is -1.81. The van der Waals surface area contributed by atoms with Gasteiger partial charge < -0.3 is 24.4 Å². The normalized spacial score (nSPS) is 27.6. The van der Waals surface area contributed by atoms with E-state index in [2.05, 4.69) is 23.1 Å². The lowest BCUT2D eigenvalue weighted by atomic mass is 9.93. The Bertz CT molecular complexity index is 867. The van der Waals surface area contributed by atoms with Crippen LogP contribution in [0, 0.1) is 23.7 Å². The maximum Gasteiger partial charge on any atom is 0.330 e. The van der Waals surface area contributed by atoms with Gasteiger partial charge >= 0.3 is 5.69 Å². The van der Waals surface area contributed by atoms with Gasteiger partial charge in [0.05, 0.1) is 19.3 Å². The molecule has 2 heterocycles. The van der Waals surface area contributed by atoms with Gasteiger partial charge in [0.15, 0.2) is 0 Å². The summed E-state index contributed by atoms with van der Waals surface area (Å²) in [5.74, 6) is 5.20. The molecule has 1 aromatic rings. The molecule has 0 saturated carbocycles. The molecule has 5 unspecified atom stereocenters. The first-order valence-corrected chi connectivity index (χ1v) is 9.82. The molecule has 1 aliphatic heterocycles. The third-order valence-electron chi connectivity index (χ3n) is 4.47. The van der Waals surface area contributed by atoms with Crippen LogP contribution in [0.15, 0.2) is 15.8 Å². The molecule has 0 aromatic carbocycles. The predicted octanol–water partition coefficient (Wildman–Crippen LogP) is -0.134. The van der Waals surface area contributed by atoms with E-state index in [0.29, 0.717) is 0 Å². The van der Waals surface area contributed by atoms with E-state index in [4.69, 9.17) is 19.5 Å². The number of hydrogen-bond acceptors (Lipinski definition) is 7. The first-order chi connectivity index (χ1) is 12.2. The fraction of sp³-hybridized carbons (Fsp3) is 0.562. The maximum atomic E-state index is 12.2. The van der Waals surface area contributed by atoms with Gasteiger partial charge in [-0.3, -0.25) is 14.3 Å². The van der Waals surface area contributed by atoms with Crippen molar-refractivity contribution in [2.24, 2.45) is 17.6 Å². The van der Waals surface area contributed by atoms with Crippen LogP contribution >= 0.6 is 7.57 Å². The highest BCUT2D eigenvalue weighted by molar-refractivity contribution is 7.58. The molecule has 0 amide bonds. The zero-order valence-electron chi connectivity index (χ0n) is 15.0. The van der Waals surface area contributed by atoms with Gasteiger partial charge in [0.2, 0.25) is 7.57 Å². The largest absolute Gasteiger partial charge is 0.352 e. The standard InChI is InChI=1S/C16H24N3O6P/c1-10-11(2)15(25-13(10)9-24-26(4,22)23-3)19-8-12(6-5-7-17)14(20)18-16(19)21/h8,10-11,13,15,22H,4,7,9,17H2,1-3H3,(H,18,20,21). The molecule has 26 heavy (non-hydrogen) atoms. The summed E-state index contributed by atoms with van der Waals surface area (Å²) in [5, 5.41) is 0. The number of rotatable bonds is 5. The van der Waals surface area contributed by atoms with Crippen molar-refractivity contribution in [3.63, 3.8) is 0 Å². The van der Waals surface area contributed by atoms with Crippen molar-refractivity contribution in [2.75, 3.05) is 20.3 Å². The van der Waals surface area contributed by atoms with Crippen LogP contribution < -0.4 is 17.0 Å². The molecule has 144 valence electrons. The third kappa shape index (κ3) is 4.54. The van der Waals surface area contributed by atoms with Crippen molar-refractivity contribution >= 4 is 13.9 Å². The van der Waals surface area contributed by atoms with Gasteiger partial charge in [-0.25, -0.2) is 4.79 Å². The van der Waals surface area contributed by atoms with E-state index in [1.54, 1.807) is 0 Å². The van der Waals surface area contributed by atoms with E-state index >= 15 is 0 Å². The Hall–Kier alpha value is -1.66. The molecular formula is C16H24N3O6P. The van der Waals surface area contributed by atoms with Crippen molar-refractivity contribution in [3.05, 3.63) is 32.6 Å². The van der Waals surface area contributed by atoms with Crippen LogP contribution in [0.4, 0.5) is 0 Å². The van der Waals surface area contributed by atoms with Gasteiger partial charge in [-0.15, -0.1) is 0 Å². The average Bonchev–Trinajstić information content (AvgIpc) is 2.88. The van der Waals surface area contributed by atoms with Crippen LogP contribution in [0.5, 0.6) is 0 Å². The summed E-state index contributed by atoms with van der Waals surface area (Å²) in [6, 6.07) is 0. The zero-order valence-corrected chi connectivity index (χ0v) is 15.9. The quantitative estimate of drug-likeness (QED) is 0.475. The van der Waals surface area contributed by atoms with E-state index in [-0.39, 0.29) is 36.7 Å². The second-order valence-corrected chi connectivity index (χ2v) is 8.01. The molecule has 5 atom stereocenters. The van der Waals surface area contributed by atoms with Gasteiger partial charge in [0.25, 0.3) is 5.56 Å². The lowest BCUT2D eigenvalue weighted by Gasteiger charge is -2.20. The summed E-state index contributed by atoms with van der Waals surface area (Å²) < 4.78 is 17.4. The van der Waals surface area contributed by atoms with Crippen molar-refractivity contribution in [1.82, 2.24) is 9.55 Å². The number of hydrogen-bond donors (Lipinski definition) is 3. The minimum absolute atomic E-state index is 0.0225. The SMILES string of the molecule is C=P(O)(OC)OCC1OC(n2cc(C#CCN)c(=O)[nH]c2=O)C(C)C1C. The number of nitrogens with two attached hydrogens (primary N) is 1. The Morgan fingerprint density at radius 1 is 1.46 bits per heavy atom. The van der Waals surface area contributed by atoms with Crippen molar-refractivity contribution in [1.29, 1.82) is 0 Å². The number of nitrogens with one attached hydrogen (secondary N) is 1. The summed E-state index contributed by atoms with van der Waals surface area (Å²) in [5.41, 5.74) is 4.31. The Morgan fingerprint density at radius 2 is 2.15 bits per heavy atom. The molecule has 10 heteroatoms. The summed E-state index contributed by atoms with van der Waals surface area (Å²) >= 11 is 0. The van der Waals surface area contributed by atoms with E-state index in [9.17, 15) is 14.5 Å². The lowest BCUT2D eigenvalue weighted by Crippen LogP contribution is -2.35. The van der Waals surface area contributed by atoms with E-state index in [0.717, 1.165) is 0 Å². The molecule has 0 bridgehead atoms. The van der Waals surface area contributed by atoms with Gasteiger partial charge in [0.1, 0.15) is 11.8 Å². The summed E-state index contributed by atoms with van der Waals surface area (Å²) in [6.45, 7) is 4.06. The Balaban J connectivity index is 2.28. The average molecular weight is 385 g/mol. The van der Waals surface area contributed by atoms with Crippen molar-refractivity contribution < 1.29 is 18.7 Å². The number of aromatic nitrogens is 2. The third-order valence-corrected chi connectivity index (χ3v) is 5.60. The fourth-order valence-electron chi connectivity index (χ4n) is 2.69. The zero-order chi connectivity index (χ0) is 19.5. The van der Waals surface area contributed by atoms with Gasteiger partial charge in [0, 0.05) is 19.2 Å². The molecular weight excluding hydrogens is 361 g/mol. The van der Waals surface area contributed by atoms with Crippen molar-refractivity contribution in [3.8, 4) is 11.8 Å². The number of aromatic amines is 1. The molecule has 1 fully saturated rings. The van der Waals surface area contributed by atoms with Gasteiger partial charge in [-0.1, -0.05) is 25.7 Å². The molecule has 1 aliphatic rings. The van der Waals surface area contributed by atoms with Crippen molar-refractivity contribution in [2.45, 2.75) is 26.2 Å². The summed E-state index contributed by atoms with van der Waals surface area (Å²) in [6.07, 6.45) is 3.87.